The standard InChI is InChI=1S/C14H14O2S/c15-17(16)11-10-13-8-4-5-9-14(13)12-6-2-1-3-7-12/h1-9H,10-11H2,(H,15,16). The smallest absolute Gasteiger partial charge is 0.153 e. The molecule has 2 aromatic carbocycles. The Labute approximate surface area is 104 Å². The van der Waals surface area contributed by atoms with Crippen molar-refractivity contribution < 1.29 is 8.76 Å². The molecule has 0 saturated heterocycles. The van der Waals surface area contributed by atoms with Crippen LogP contribution in [0.15, 0.2) is 54.6 Å². The summed E-state index contributed by atoms with van der Waals surface area (Å²) in [6.45, 7) is 0. The van der Waals surface area contributed by atoms with E-state index in [1.807, 2.05) is 42.5 Å². The Morgan fingerprint density at radius 2 is 1.59 bits per heavy atom. The summed E-state index contributed by atoms with van der Waals surface area (Å²) in [5, 5.41) is 0. The summed E-state index contributed by atoms with van der Waals surface area (Å²) in [6.07, 6.45) is 0.619. The molecule has 2 nitrogen and oxygen atoms in total. The number of hydrogen-bond donors (Lipinski definition) is 1. The lowest BCUT2D eigenvalue weighted by atomic mass is 9.98. The van der Waals surface area contributed by atoms with Gasteiger partial charge in [-0.15, -0.1) is 0 Å². The normalized spacial score (nSPS) is 12.3. The van der Waals surface area contributed by atoms with Crippen molar-refractivity contribution in [2.24, 2.45) is 0 Å². The molecule has 1 N–H and O–H groups in total. The molecule has 0 radical (unpaired) electrons. The minimum Gasteiger partial charge on any atom is -0.306 e. The van der Waals surface area contributed by atoms with E-state index in [1.165, 1.54) is 0 Å². The Morgan fingerprint density at radius 1 is 0.941 bits per heavy atom. The number of rotatable bonds is 4. The van der Waals surface area contributed by atoms with Crippen LogP contribution in [0.4, 0.5) is 0 Å². The van der Waals surface area contributed by atoms with Crippen LogP contribution in [0.1, 0.15) is 5.56 Å². The molecule has 1 atom stereocenters. The van der Waals surface area contributed by atoms with E-state index in [-0.39, 0.29) is 5.75 Å². The first-order chi connectivity index (χ1) is 8.27. The fourth-order valence-corrected chi connectivity index (χ4v) is 2.23. The molecule has 0 aliphatic carbocycles. The second-order valence-corrected chi connectivity index (χ2v) is 4.85. The lowest BCUT2D eigenvalue weighted by Crippen LogP contribution is -2.00. The second-order valence-electron chi connectivity index (χ2n) is 3.80. The third-order valence-corrected chi connectivity index (χ3v) is 3.20. The highest BCUT2D eigenvalue weighted by Gasteiger charge is 2.05. The van der Waals surface area contributed by atoms with Crippen molar-refractivity contribution in [1.82, 2.24) is 0 Å². The first-order valence-electron chi connectivity index (χ1n) is 5.48. The average Bonchev–Trinajstić information content (AvgIpc) is 2.38. The SMILES string of the molecule is O=S(O)CCc1ccccc1-c1ccccc1. The van der Waals surface area contributed by atoms with E-state index in [1.54, 1.807) is 0 Å². The molecule has 0 heterocycles. The third-order valence-electron chi connectivity index (χ3n) is 2.65. The molecule has 0 aromatic heterocycles. The zero-order chi connectivity index (χ0) is 12.1. The molecule has 0 amide bonds. The van der Waals surface area contributed by atoms with Crippen molar-refractivity contribution in [1.29, 1.82) is 0 Å². The van der Waals surface area contributed by atoms with Crippen molar-refractivity contribution in [3.8, 4) is 11.1 Å². The van der Waals surface area contributed by atoms with E-state index in [0.29, 0.717) is 6.42 Å². The van der Waals surface area contributed by atoms with Gasteiger partial charge in [-0.1, -0.05) is 54.6 Å². The quantitative estimate of drug-likeness (QED) is 0.842. The van der Waals surface area contributed by atoms with Gasteiger partial charge in [0.05, 0.1) is 5.75 Å². The maximum atomic E-state index is 10.7. The van der Waals surface area contributed by atoms with Gasteiger partial charge in [0.25, 0.3) is 0 Å². The molecule has 88 valence electrons. The molecule has 2 aromatic rings. The van der Waals surface area contributed by atoms with Gasteiger partial charge in [0.1, 0.15) is 0 Å². The highest BCUT2D eigenvalue weighted by atomic mass is 32.2. The van der Waals surface area contributed by atoms with Crippen LogP contribution in [0.3, 0.4) is 0 Å². The fourth-order valence-electron chi connectivity index (χ4n) is 1.83. The highest BCUT2D eigenvalue weighted by Crippen LogP contribution is 2.23. The first kappa shape index (κ1) is 12.0. The van der Waals surface area contributed by atoms with Gasteiger partial charge < -0.3 is 4.55 Å². The Balaban J connectivity index is 2.31. The van der Waals surface area contributed by atoms with Gasteiger partial charge in [-0.25, -0.2) is 4.21 Å². The maximum Gasteiger partial charge on any atom is 0.153 e. The predicted octanol–water partition coefficient (Wildman–Crippen LogP) is 3.12. The summed E-state index contributed by atoms with van der Waals surface area (Å²) in [5.41, 5.74) is 3.39. The minimum absolute atomic E-state index is 0.282. The van der Waals surface area contributed by atoms with Crippen LogP contribution in [-0.2, 0) is 17.5 Å². The zero-order valence-corrected chi connectivity index (χ0v) is 10.2. The molecule has 17 heavy (non-hydrogen) atoms. The topological polar surface area (TPSA) is 37.3 Å². The Hall–Kier alpha value is -1.45. The van der Waals surface area contributed by atoms with E-state index in [2.05, 4.69) is 12.1 Å². The van der Waals surface area contributed by atoms with Gasteiger partial charge in [-0.2, -0.15) is 0 Å². The van der Waals surface area contributed by atoms with Crippen LogP contribution in [0.5, 0.6) is 0 Å². The summed E-state index contributed by atoms with van der Waals surface area (Å²) in [4.78, 5) is 0. The van der Waals surface area contributed by atoms with Crippen LogP contribution >= 0.6 is 0 Å². The summed E-state index contributed by atoms with van der Waals surface area (Å²) >= 11 is -1.73. The van der Waals surface area contributed by atoms with Gasteiger partial charge in [0.15, 0.2) is 11.1 Å². The Bertz CT molecular complexity index is 509. The van der Waals surface area contributed by atoms with E-state index < -0.39 is 11.1 Å². The van der Waals surface area contributed by atoms with Crippen LogP contribution < -0.4 is 0 Å². The van der Waals surface area contributed by atoms with Crippen LogP contribution in [-0.4, -0.2) is 14.5 Å². The molecule has 0 aliphatic heterocycles. The largest absolute Gasteiger partial charge is 0.306 e. The van der Waals surface area contributed by atoms with Gasteiger partial charge in [0, 0.05) is 0 Å². The third kappa shape index (κ3) is 3.25. The highest BCUT2D eigenvalue weighted by molar-refractivity contribution is 7.79. The summed E-state index contributed by atoms with van der Waals surface area (Å²) in [5.74, 6) is 0.282. The lowest BCUT2D eigenvalue weighted by molar-refractivity contribution is 0.563. The lowest BCUT2D eigenvalue weighted by Gasteiger charge is -2.08. The van der Waals surface area contributed by atoms with Crippen LogP contribution in [0.25, 0.3) is 11.1 Å². The number of aryl methyl sites for hydroxylation is 1. The molecule has 2 rings (SSSR count). The van der Waals surface area contributed by atoms with Gasteiger partial charge in [0.2, 0.25) is 0 Å². The monoisotopic (exact) mass is 246 g/mol. The van der Waals surface area contributed by atoms with Gasteiger partial charge in [-0.3, -0.25) is 0 Å². The molecule has 3 heteroatoms. The van der Waals surface area contributed by atoms with Crippen molar-refractivity contribution >= 4 is 11.1 Å². The average molecular weight is 246 g/mol. The second kappa shape index (κ2) is 5.75. The number of benzene rings is 2. The molecular weight excluding hydrogens is 232 g/mol. The summed E-state index contributed by atoms with van der Waals surface area (Å²) in [6, 6.07) is 18.1. The molecular formula is C14H14O2S. The van der Waals surface area contributed by atoms with E-state index in [9.17, 15) is 4.21 Å². The van der Waals surface area contributed by atoms with Crippen LogP contribution in [0, 0.1) is 0 Å². The maximum absolute atomic E-state index is 10.7. The molecule has 0 aliphatic rings. The molecule has 0 fully saturated rings. The van der Waals surface area contributed by atoms with E-state index in [0.717, 1.165) is 16.7 Å². The summed E-state index contributed by atoms with van der Waals surface area (Å²) < 4.78 is 19.6. The molecule has 1 unspecified atom stereocenters. The van der Waals surface area contributed by atoms with Crippen molar-refractivity contribution in [3.05, 3.63) is 60.2 Å². The minimum atomic E-state index is -1.73. The first-order valence-corrected chi connectivity index (χ1v) is 6.76. The van der Waals surface area contributed by atoms with Crippen LogP contribution in [0.2, 0.25) is 0 Å². The number of hydrogen-bond acceptors (Lipinski definition) is 1. The van der Waals surface area contributed by atoms with Crippen molar-refractivity contribution in [2.45, 2.75) is 6.42 Å². The molecule has 0 spiro atoms. The predicted molar refractivity (Wildman–Crippen MR) is 71.2 cm³/mol. The Kier molecular flexibility index (Phi) is 4.07. The van der Waals surface area contributed by atoms with Crippen molar-refractivity contribution in [3.63, 3.8) is 0 Å². The van der Waals surface area contributed by atoms with Crippen molar-refractivity contribution in [2.75, 3.05) is 5.75 Å². The van der Waals surface area contributed by atoms with Gasteiger partial charge >= 0.3 is 0 Å². The molecule has 0 saturated carbocycles. The fraction of sp³-hybridized carbons (Fsp3) is 0.143. The van der Waals surface area contributed by atoms with E-state index in [4.69, 9.17) is 4.55 Å². The summed E-state index contributed by atoms with van der Waals surface area (Å²) in [7, 11) is 0. The zero-order valence-electron chi connectivity index (χ0n) is 9.37. The Morgan fingerprint density at radius 3 is 2.29 bits per heavy atom. The van der Waals surface area contributed by atoms with E-state index >= 15 is 0 Å². The molecule has 0 bridgehead atoms. The van der Waals surface area contributed by atoms with Gasteiger partial charge in [-0.05, 0) is 23.1 Å².